The quantitative estimate of drug-likeness (QED) is 0.195. The number of rotatable bonds is 7. The van der Waals surface area contributed by atoms with Gasteiger partial charge in [0.1, 0.15) is 11.6 Å². The minimum atomic E-state index is -1.05. The van der Waals surface area contributed by atoms with E-state index in [1.807, 2.05) is 18.2 Å². The lowest BCUT2D eigenvalue weighted by Crippen LogP contribution is -1.92. The molecular weight excluding hydrogens is 424 g/mol. The Bertz CT molecular complexity index is 1260. The minimum absolute atomic E-state index is 0.119. The first-order valence-electron chi connectivity index (χ1n) is 11.1. The second kappa shape index (κ2) is 10.0. The first kappa shape index (κ1) is 22.8. The first-order valence-corrected chi connectivity index (χ1v) is 11.1. The molecule has 4 heteroatoms. The van der Waals surface area contributed by atoms with Crippen molar-refractivity contribution < 1.29 is 17.6 Å². The Morgan fingerprint density at radius 1 is 0.485 bits per heavy atom. The molecule has 4 rings (SSSR count). The van der Waals surface area contributed by atoms with Crippen LogP contribution in [0.4, 0.5) is 17.6 Å². The lowest BCUT2D eigenvalue weighted by atomic mass is 9.96. The summed E-state index contributed by atoms with van der Waals surface area (Å²) >= 11 is 0. The number of benzene rings is 4. The molecule has 0 saturated heterocycles. The molecule has 0 saturated carbocycles. The summed E-state index contributed by atoms with van der Waals surface area (Å²) in [6.07, 6.45) is 4.58. The molecule has 0 unspecified atom stereocenters. The van der Waals surface area contributed by atoms with Crippen molar-refractivity contribution in [1.29, 1.82) is 0 Å². The molecule has 0 aliphatic rings. The van der Waals surface area contributed by atoms with Gasteiger partial charge in [0.2, 0.25) is 0 Å². The number of halogens is 4. The normalized spacial score (nSPS) is 11.1. The predicted octanol–water partition coefficient (Wildman–Crippen LogP) is 8.98. The molecule has 0 heterocycles. The molecule has 168 valence electrons. The molecule has 0 atom stereocenters. The molecule has 0 aliphatic carbocycles. The third kappa shape index (κ3) is 5.16. The van der Waals surface area contributed by atoms with E-state index in [1.165, 1.54) is 42.7 Å². The summed E-state index contributed by atoms with van der Waals surface area (Å²) in [6, 6.07) is 20.4. The highest BCUT2D eigenvalue weighted by Gasteiger charge is 2.13. The van der Waals surface area contributed by atoms with Crippen LogP contribution in [0.15, 0.2) is 78.9 Å². The third-order valence-electron chi connectivity index (χ3n) is 5.84. The van der Waals surface area contributed by atoms with Gasteiger partial charge in [0.15, 0.2) is 11.6 Å². The Balaban J connectivity index is 1.56. The van der Waals surface area contributed by atoms with Crippen molar-refractivity contribution in [2.75, 3.05) is 0 Å². The van der Waals surface area contributed by atoms with Crippen molar-refractivity contribution in [3.8, 4) is 33.4 Å². The van der Waals surface area contributed by atoms with Gasteiger partial charge in [0.05, 0.1) is 0 Å². The highest BCUT2D eigenvalue weighted by atomic mass is 19.2. The molecule has 4 aromatic carbocycles. The maximum Gasteiger partial charge on any atom is 0.159 e. The SMILES string of the molecule is CCCCCc1ccc(-c2ccc(-c3ccc(-c4ccc(F)c(F)c4)c(F)c3)c(F)c2)cc1. The molecular formula is C29H24F4. The van der Waals surface area contributed by atoms with Gasteiger partial charge in [-0.3, -0.25) is 0 Å². The smallest absolute Gasteiger partial charge is 0.159 e. The van der Waals surface area contributed by atoms with Crippen LogP contribution >= 0.6 is 0 Å². The highest BCUT2D eigenvalue weighted by molar-refractivity contribution is 5.74. The van der Waals surface area contributed by atoms with Gasteiger partial charge in [-0.15, -0.1) is 0 Å². The summed E-state index contributed by atoms with van der Waals surface area (Å²) in [6.45, 7) is 2.18. The summed E-state index contributed by atoms with van der Waals surface area (Å²) < 4.78 is 56.4. The molecule has 4 aromatic rings. The van der Waals surface area contributed by atoms with Crippen molar-refractivity contribution in [3.63, 3.8) is 0 Å². The van der Waals surface area contributed by atoms with E-state index in [0.29, 0.717) is 5.56 Å². The molecule has 0 amide bonds. The van der Waals surface area contributed by atoms with Gasteiger partial charge < -0.3 is 0 Å². The van der Waals surface area contributed by atoms with Crippen LogP contribution in [0.2, 0.25) is 0 Å². The lowest BCUT2D eigenvalue weighted by Gasteiger charge is -2.10. The van der Waals surface area contributed by atoms with Gasteiger partial charge in [0.25, 0.3) is 0 Å². The summed E-state index contributed by atoms with van der Waals surface area (Å²) in [4.78, 5) is 0. The van der Waals surface area contributed by atoms with E-state index in [2.05, 4.69) is 19.1 Å². The lowest BCUT2D eigenvalue weighted by molar-refractivity contribution is 0.509. The van der Waals surface area contributed by atoms with Gasteiger partial charge in [-0.25, -0.2) is 17.6 Å². The fourth-order valence-corrected chi connectivity index (χ4v) is 3.95. The van der Waals surface area contributed by atoms with Crippen LogP contribution in [0.25, 0.3) is 33.4 Å². The van der Waals surface area contributed by atoms with Crippen LogP contribution in [0.5, 0.6) is 0 Å². The molecule has 0 nitrogen and oxygen atoms in total. The number of hydrogen-bond acceptors (Lipinski definition) is 0. The Morgan fingerprint density at radius 2 is 1.00 bits per heavy atom. The van der Waals surface area contributed by atoms with Crippen molar-refractivity contribution in [1.82, 2.24) is 0 Å². The van der Waals surface area contributed by atoms with Crippen LogP contribution < -0.4 is 0 Å². The second-order valence-electron chi connectivity index (χ2n) is 8.17. The zero-order valence-corrected chi connectivity index (χ0v) is 18.3. The van der Waals surface area contributed by atoms with Gasteiger partial charge in [-0.2, -0.15) is 0 Å². The van der Waals surface area contributed by atoms with Crippen molar-refractivity contribution in [3.05, 3.63) is 108 Å². The van der Waals surface area contributed by atoms with E-state index >= 15 is 0 Å². The highest BCUT2D eigenvalue weighted by Crippen LogP contribution is 2.32. The van der Waals surface area contributed by atoms with Crippen LogP contribution in [0.1, 0.15) is 31.7 Å². The fourth-order valence-electron chi connectivity index (χ4n) is 3.95. The third-order valence-corrected chi connectivity index (χ3v) is 5.84. The molecule has 0 N–H and O–H groups in total. The fraction of sp³-hybridized carbons (Fsp3) is 0.172. The largest absolute Gasteiger partial charge is 0.206 e. The molecule has 33 heavy (non-hydrogen) atoms. The Hall–Kier alpha value is -3.40. The zero-order valence-electron chi connectivity index (χ0n) is 18.3. The zero-order chi connectivity index (χ0) is 23.4. The van der Waals surface area contributed by atoms with E-state index < -0.39 is 23.3 Å². The maximum atomic E-state index is 14.9. The number of aryl methyl sites for hydroxylation is 1. The Morgan fingerprint density at radius 3 is 1.58 bits per heavy atom. The van der Waals surface area contributed by atoms with E-state index in [4.69, 9.17) is 0 Å². The second-order valence-corrected chi connectivity index (χ2v) is 8.17. The first-order chi connectivity index (χ1) is 16.0. The summed E-state index contributed by atoms with van der Waals surface area (Å²) in [7, 11) is 0. The number of unbranched alkanes of at least 4 members (excludes halogenated alkanes) is 2. The Kier molecular flexibility index (Phi) is 6.93. The minimum Gasteiger partial charge on any atom is -0.206 e. The van der Waals surface area contributed by atoms with Crippen molar-refractivity contribution >= 4 is 0 Å². The maximum absolute atomic E-state index is 14.9. The molecule has 0 bridgehead atoms. The number of hydrogen-bond donors (Lipinski definition) is 0. The van der Waals surface area contributed by atoms with E-state index in [9.17, 15) is 17.6 Å². The molecule has 0 radical (unpaired) electrons. The van der Waals surface area contributed by atoms with Crippen LogP contribution in [-0.4, -0.2) is 0 Å². The van der Waals surface area contributed by atoms with Gasteiger partial charge in [0, 0.05) is 11.1 Å². The van der Waals surface area contributed by atoms with Crippen LogP contribution in [0.3, 0.4) is 0 Å². The topological polar surface area (TPSA) is 0 Å². The molecule has 0 aliphatic heterocycles. The van der Waals surface area contributed by atoms with Crippen LogP contribution in [-0.2, 0) is 6.42 Å². The average molecular weight is 449 g/mol. The van der Waals surface area contributed by atoms with Gasteiger partial charge in [-0.05, 0) is 64.9 Å². The monoisotopic (exact) mass is 448 g/mol. The average Bonchev–Trinajstić information content (AvgIpc) is 2.81. The van der Waals surface area contributed by atoms with E-state index in [0.717, 1.165) is 36.1 Å². The summed E-state index contributed by atoms with van der Waals surface area (Å²) in [5.41, 5.74) is 3.90. The molecule has 0 fully saturated rings. The van der Waals surface area contributed by atoms with E-state index in [-0.39, 0.29) is 16.7 Å². The van der Waals surface area contributed by atoms with Gasteiger partial charge in [-0.1, -0.05) is 74.4 Å². The van der Waals surface area contributed by atoms with Crippen molar-refractivity contribution in [2.45, 2.75) is 32.6 Å². The molecule has 0 aromatic heterocycles. The van der Waals surface area contributed by atoms with Crippen LogP contribution in [0, 0.1) is 23.3 Å². The van der Waals surface area contributed by atoms with E-state index in [1.54, 1.807) is 12.1 Å². The Labute approximate surface area is 191 Å². The molecule has 0 spiro atoms. The van der Waals surface area contributed by atoms with Gasteiger partial charge >= 0.3 is 0 Å². The summed E-state index contributed by atoms with van der Waals surface area (Å²) in [5, 5.41) is 0. The standard InChI is InChI=1S/C29H24F4/c1-2-3-4-5-19-6-8-20(9-7-19)21-10-13-24(27(31)16-21)22-11-14-25(28(32)17-22)23-12-15-26(30)29(33)18-23/h6-18H,2-5H2,1H3. The summed E-state index contributed by atoms with van der Waals surface area (Å²) in [5.74, 6) is -3.14. The predicted molar refractivity (Wildman–Crippen MR) is 126 cm³/mol. The van der Waals surface area contributed by atoms with Crippen molar-refractivity contribution in [2.24, 2.45) is 0 Å².